The van der Waals surface area contributed by atoms with Crippen LogP contribution in [0.2, 0.25) is 0 Å². The fraction of sp³-hybridized carbons (Fsp3) is 0.176. The van der Waals surface area contributed by atoms with Gasteiger partial charge < -0.3 is 10.1 Å². The largest absolute Gasteiger partial charge is 0.495 e. The molecule has 1 atom stereocenters. The van der Waals surface area contributed by atoms with Crippen molar-refractivity contribution < 1.29 is 19.2 Å². The third-order valence-electron chi connectivity index (χ3n) is 3.87. The molecule has 0 bridgehead atoms. The SMILES string of the molecule is COc1ccccc1N1C(=O)C[C@@H](Nc2cccc([N+](=O)[O-])c2)C1=O. The average Bonchev–Trinajstić information content (AvgIpc) is 2.88. The molecular formula is C17H15N3O5. The second-order valence-electron chi connectivity index (χ2n) is 5.45. The zero-order valence-corrected chi connectivity index (χ0v) is 13.3. The summed E-state index contributed by atoms with van der Waals surface area (Å²) in [5, 5.41) is 13.7. The zero-order chi connectivity index (χ0) is 18.0. The minimum atomic E-state index is -0.792. The monoisotopic (exact) mass is 341 g/mol. The maximum Gasteiger partial charge on any atom is 0.271 e. The third kappa shape index (κ3) is 3.14. The second-order valence-corrected chi connectivity index (χ2v) is 5.45. The number of hydrogen-bond donors (Lipinski definition) is 1. The van der Waals surface area contributed by atoms with Crippen molar-refractivity contribution in [2.45, 2.75) is 12.5 Å². The van der Waals surface area contributed by atoms with Gasteiger partial charge in [0.2, 0.25) is 5.91 Å². The molecule has 0 unspecified atom stereocenters. The third-order valence-corrected chi connectivity index (χ3v) is 3.87. The van der Waals surface area contributed by atoms with Crippen LogP contribution in [0.25, 0.3) is 0 Å². The summed E-state index contributed by atoms with van der Waals surface area (Å²) in [6.07, 6.45) is -0.0421. The number of nitro benzene ring substituents is 1. The summed E-state index contributed by atoms with van der Waals surface area (Å²) < 4.78 is 5.21. The van der Waals surface area contributed by atoms with Crippen LogP contribution in [0.5, 0.6) is 5.75 Å². The lowest BCUT2D eigenvalue weighted by atomic mass is 10.2. The lowest BCUT2D eigenvalue weighted by Gasteiger charge is -2.18. The Hall–Kier alpha value is -3.42. The molecule has 25 heavy (non-hydrogen) atoms. The van der Waals surface area contributed by atoms with E-state index < -0.39 is 16.9 Å². The summed E-state index contributed by atoms with van der Waals surface area (Å²) >= 11 is 0. The number of nitrogens with zero attached hydrogens (tertiary/aromatic N) is 2. The molecule has 1 aliphatic rings. The van der Waals surface area contributed by atoms with E-state index in [0.717, 1.165) is 4.90 Å². The lowest BCUT2D eigenvalue weighted by molar-refractivity contribution is -0.384. The van der Waals surface area contributed by atoms with Crippen LogP contribution in [0.4, 0.5) is 17.1 Å². The Morgan fingerprint density at radius 2 is 1.96 bits per heavy atom. The minimum Gasteiger partial charge on any atom is -0.495 e. The summed E-state index contributed by atoms with van der Waals surface area (Å²) in [7, 11) is 1.46. The van der Waals surface area contributed by atoms with Crippen molar-refractivity contribution in [1.82, 2.24) is 0 Å². The van der Waals surface area contributed by atoms with E-state index in [1.165, 1.54) is 25.3 Å². The normalized spacial score (nSPS) is 16.8. The van der Waals surface area contributed by atoms with E-state index in [9.17, 15) is 19.7 Å². The second kappa shape index (κ2) is 6.60. The number of rotatable bonds is 5. The van der Waals surface area contributed by atoms with E-state index in [-0.39, 0.29) is 18.0 Å². The first-order valence-electron chi connectivity index (χ1n) is 7.52. The minimum absolute atomic E-state index is 0.0421. The van der Waals surface area contributed by atoms with Crippen LogP contribution in [0.3, 0.4) is 0 Å². The zero-order valence-electron chi connectivity index (χ0n) is 13.3. The van der Waals surface area contributed by atoms with E-state index in [1.54, 1.807) is 30.3 Å². The number of carbonyl (C=O) groups excluding carboxylic acids is 2. The molecule has 0 aromatic heterocycles. The summed E-state index contributed by atoms with van der Waals surface area (Å²) in [6.45, 7) is 0. The number of non-ortho nitro benzene ring substituents is 1. The predicted octanol–water partition coefficient (Wildman–Crippen LogP) is 2.35. The van der Waals surface area contributed by atoms with Gasteiger partial charge in [-0.3, -0.25) is 19.7 Å². The maximum absolute atomic E-state index is 12.7. The van der Waals surface area contributed by atoms with E-state index in [1.807, 2.05) is 0 Å². The molecule has 3 rings (SSSR count). The Balaban J connectivity index is 1.84. The molecule has 2 amide bonds. The van der Waals surface area contributed by atoms with Crippen molar-refractivity contribution in [3.05, 3.63) is 58.6 Å². The molecule has 0 spiro atoms. The van der Waals surface area contributed by atoms with E-state index in [4.69, 9.17) is 4.74 Å². The number of amides is 2. The van der Waals surface area contributed by atoms with Gasteiger partial charge in [0.25, 0.3) is 11.6 Å². The van der Waals surface area contributed by atoms with Crippen LogP contribution in [0.1, 0.15) is 6.42 Å². The molecular weight excluding hydrogens is 326 g/mol. The highest BCUT2D eigenvalue weighted by Crippen LogP contribution is 2.32. The standard InChI is InChI=1S/C17H15N3O5/c1-25-15-8-3-2-7-14(15)19-16(21)10-13(17(19)22)18-11-5-4-6-12(9-11)20(23)24/h2-9,13,18H,10H2,1H3/t13-/m1/s1. The van der Waals surface area contributed by atoms with Gasteiger partial charge in [0.05, 0.1) is 24.1 Å². The number of carbonyl (C=O) groups is 2. The van der Waals surface area contributed by atoms with E-state index in [2.05, 4.69) is 5.32 Å². The van der Waals surface area contributed by atoms with Crippen LogP contribution in [0.15, 0.2) is 48.5 Å². The molecule has 0 aliphatic carbocycles. The number of nitrogens with one attached hydrogen (secondary N) is 1. The number of para-hydroxylation sites is 2. The van der Waals surface area contributed by atoms with Crippen LogP contribution >= 0.6 is 0 Å². The first kappa shape index (κ1) is 16.4. The van der Waals surface area contributed by atoms with Gasteiger partial charge in [-0.15, -0.1) is 0 Å². The first-order chi connectivity index (χ1) is 12.0. The Bertz CT molecular complexity index is 852. The number of methoxy groups -OCH3 is 1. The summed E-state index contributed by atoms with van der Waals surface area (Å²) in [6, 6.07) is 11.8. The molecule has 1 saturated heterocycles. The number of imide groups is 1. The highest BCUT2D eigenvalue weighted by atomic mass is 16.6. The topological polar surface area (TPSA) is 102 Å². The average molecular weight is 341 g/mol. The van der Waals surface area contributed by atoms with Crippen molar-refractivity contribution in [3.8, 4) is 5.75 Å². The van der Waals surface area contributed by atoms with Gasteiger partial charge in [0.15, 0.2) is 0 Å². The number of benzene rings is 2. The van der Waals surface area contributed by atoms with Gasteiger partial charge >= 0.3 is 0 Å². The molecule has 0 radical (unpaired) electrons. The lowest BCUT2D eigenvalue weighted by Crippen LogP contribution is -2.35. The number of hydrogen-bond acceptors (Lipinski definition) is 6. The highest BCUT2D eigenvalue weighted by molar-refractivity contribution is 6.23. The van der Waals surface area contributed by atoms with Gasteiger partial charge in [-0.2, -0.15) is 0 Å². The van der Waals surface area contributed by atoms with Gasteiger partial charge in [0.1, 0.15) is 11.8 Å². The van der Waals surface area contributed by atoms with E-state index in [0.29, 0.717) is 17.1 Å². The van der Waals surface area contributed by atoms with Crippen LogP contribution in [0, 0.1) is 10.1 Å². The fourth-order valence-electron chi connectivity index (χ4n) is 2.72. The van der Waals surface area contributed by atoms with Crippen LogP contribution < -0.4 is 15.0 Å². The summed E-state index contributed by atoms with van der Waals surface area (Å²) in [5.41, 5.74) is 0.689. The molecule has 2 aromatic rings. The van der Waals surface area contributed by atoms with Crippen molar-refractivity contribution in [1.29, 1.82) is 0 Å². The molecule has 1 fully saturated rings. The quantitative estimate of drug-likeness (QED) is 0.509. The molecule has 0 saturated carbocycles. The van der Waals surface area contributed by atoms with Crippen molar-refractivity contribution in [3.63, 3.8) is 0 Å². The molecule has 1 heterocycles. The highest BCUT2D eigenvalue weighted by Gasteiger charge is 2.40. The van der Waals surface area contributed by atoms with E-state index >= 15 is 0 Å². The summed E-state index contributed by atoms with van der Waals surface area (Å²) in [5.74, 6) is -0.376. The molecule has 1 N–H and O–H groups in total. The molecule has 128 valence electrons. The molecule has 1 aliphatic heterocycles. The van der Waals surface area contributed by atoms with Crippen molar-refractivity contribution >= 4 is 28.9 Å². The Labute approximate surface area is 143 Å². The Morgan fingerprint density at radius 1 is 1.20 bits per heavy atom. The summed E-state index contributed by atoms with van der Waals surface area (Å²) in [4.78, 5) is 36.4. The van der Waals surface area contributed by atoms with Gasteiger partial charge in [0, 0.05) is 17.8 Å². The van der Waals surface area contributed by atoms with Gasteiger partial charge in [-0.05, 0) is 18.2 Å². The number of anilines is 2. The predicted molar refractivity (Wildman–Crippen MR) is 90.6 cm³/mol. The van der Waals surface area contributed by atoms with Crippen molar-refractivity contribution in [2.75, 3.05) is 17.3 Å². The Morgan fingerprint density at radius 3 is 2.68 bits per heavy atom. The van der Waals surface area contributed by atoms with Crippen molar-refractivity contribution in [2.24, 2.45) is 0 Å². The van der Waals surface area contributed by atoms with Gasteiger partial charge in [-0.25, -0.2) is 4.90 Å². The van der Waals surface area contributed by atoms with Gasteiger partial charge in [-0.1, -0.05) is 18.2 Å². The number of nitro groups is 1. The first-order valence-corrected chi connectivity index (χ1v) is 7.52. The molecule has 2 aromatic carbocycles. The molecule has 8 nitrogen and oxygen atoms in total. The van der Waals surface area contributed by atoms with Crippen LogP contribution in [-0.2, 0) is 9.59 Å². The fourth-order valence-corrected chi connectivity index (χ4v) is 2.72. The smallest absolute Gasteiger partial charge is 0.271 e. The van der Waals surface area contributed by atoms with Crippen LogP contribution in [-0.4, -0.2) is 29.9 Å². The number of ether oxygens (including phenoxy) is 1. The Kier molecular flexibility index (Phi) is 4.34. The maximum atomic E-state index is 12.7. The molecule has 8 heteroatoms.